The molecule has 35 heavy (non-hydrogen) atoms. The van der Waals surface area contributed by atoms with Gasteiger partial charge in [0.15, 0.2) is 0 Å². The number of nitro groups is 1. The van der Waals surface area contributed by atoms with Crippen molar-refractivity contribution in [2.75, 3.05) is 39.4 Å². The van der Waals surface area contributed by atoms with Crippen LogP contribution in [0.2, 0.25) is 0 Å². The van der Waals surface area contributed by atoms with Gasteiger partial charge in [0.25, 0.3) is 17.5 Å². The normalized spacial score (nSPS) is 17.1. The highest BCUT2D eigenvalue weighted by Gasteiger charge is 2.32. The van der Waals surface area contributed by atoms with Crippen molar-refractivity contribution in [1.29, 1.82) is 0 Å². The van der Waals surface area contributed by atoms with Gasteiger partial charge in [0.2, 0.25) is 0 Å². The molecule has 2 fully saturated rings. The zero-order valence-electron chi connectivity index (χ0n) is 20.1. The van der Waals surface area contributed by atoms with Gasteiger partial charge >= 0.3 is 11.9 Å². The van der Waals surface area contributed by atoms with Crippen LogP contribution in [0.15, 0.2) is 18.2 Å². The van der Waals surface area contributed by atoms with E-state index in [0.29, 0.717) is 65.1 Å². The first-order valence-electron chi connectivity index (χ1n) is 12.0. The van der Waals surface area contributed by atoms with Crippen molar-refractivity contribution in [3.8, 4) is 0 Å². The summed E-state index contributed by atoms with van der Waals surface area (Å²) in [7, 11) is 0. The number of likely N-dealkylation sites (tertiary alicyclic amines) is 2. The van der Waals surface area contributed by atoms with Gasteiger partial charge < -0.3 is 19.3 Å². The second-order valence-electron chi connectivity index (χ2n) is 8.66. The molecule has 2 aliphatic heterocycles. The fourth-order valence-electron chi connectivity index (χ4n) is 4.49. The summed E-state index contributed by atoms with van der Waals surface area (Å²) in [5.74, 6) is -1.97. The van der Waals surface area contributed by atoms with Crippen LogP contribution in [0.4, 0.5) is 5.69 Å². The number of benzene rings is 1. The van der Waals surface area contributed by atoms with Crippen molar-refractivity contribution in [2.45, 2.75) is 39.5 Å². The van der Waals surface area contributed by atoms with Gasteiger partial charge in [-0.05, 0) is 45.6 Å². The Morgan fingerprint density at radius 1 is 0.800 bits per heavy atom. The van der Waals surface area contributed by atoms with Crippen LogP contribution in [-0.4, -0.2) is 77.9 Å². The van der Waals surface area contributed by atoms with E-state index >= 15 is 0 Å². The summed E-state index contributed by atoms with van der Waals surface area (Å²) in [5, 5.41) is 11.5. The standard InChI is InChI=1S/C24H31N3O8/c1-3-34-23(30)16-5-9-25(10-6-16)21(28)18-13-19(15-20(14-18)27(32)33)22(29)26-11-7-17(8-12-26)24(31)35-4-2/h13-17H,3-12H2,1-2H3. The zero-order valence-corrected chi connectivity index (χ0v) is 20.1. The van der Waals surface area contributed by atoms with Crippen LogP contribution in [-0.2, 0) is 19.1 Å². The third-order valence-electron chi connectivity index (χ3n) is 6.43. The monoisotopic (exact) mass is 489 g/mol. The molecular formula is C24H31N3O8. The Morgan fingerprint density at radius 2 is 1.17 bits per heavy atom. The summed E-state index contributed by atoms with van der Waals surface area (Å²) >= 11 is 0. The number of nitrogens with zero attached hydrogens (tertiary/aromatic N) is 3. The fourth-order valence-corrected chi connectivity index (χ4v) is 4.49. The SMILES string of the molecule is CCOC(=O)C1CCN(C(=O)c2cc(C(=O)N3CCC(C(=O)OCC)CC3)cc([N+](=O)[O-])c2)CC1. The molecule has 0 saturated carbocycles. The van der Waals surface area contributed by atoms with Gasteiger partial charge in [-0.1, -0.05) is 0 Å². The van der Waals surface area contributed by atoms with E-state index in [0.717, 1.165) is 0 Å². The van der Waals surface area contributed by atoms with Gasteiger partial charge in [0.05, 0.1) is 30.0 Å². The largest absolute Gasteiger partial charge is 0.466 e. The molecule has 2 saturated heterocycles. The molecule has 0 aromatic heterocycles. The third kappa shape index (κ3) is 6.34. The number of ether oxygens (including phenoxy) is 2. The lowest BCUT2D eigenvalue weighted by atomic mass is 9.95. The molecule has 2 amide bonds. The van der Waals surface area contributed by atoms with Crippen molar-refractivity contribution >= 4 is 29.4 Å². The van der Waals surface area contributed by atoms with Crippen molar-refractivity contribution in [1.82, 2.24) is 9.80 Å². The van der Waals surface area contributed by atoms with Crippen LogP contribution in [0, 0.1) is 22.0 Å². The number of rotatable bonds is 7. The van der Waals surface area contributed by atoms with E-state index < -0.39 is 16.7 Å². The van der Waals surface area contributed by atoms with Crippen molar-refractivity contribution in [3.05, 3.63) is 39.4 Å². The summed E-state index contributed by atoms with van der Waals surface area (Å²) in [6, 6.07) is 3.72. The van der Waals surface area contributed by atoms with E-state index in [1.807, 2.05) is 0 Å². The maximum atomic E-state index is 13.1. The number of nitro benzene ring substituents is 1. The Hall–Kier alpha value is -3.50. The summed E-state index contributed by atoms with van der Waals surface area (Å²) < 4.78 is 10.1. The molecule has 0 radical (unpaired) electrons. The number of non-ortho nitro benzene ring substituents is 1. The molecule has 3 rings (SSSR count). The van der Waals surface area contributed by atoms with Crippen LogP contribution >= 0.6 is 0 Å². The lowest BCUT2D eigenvalue weighted by Gasteiger charge is -2.32. The molecule has 190 valence electrons. The molecule has 2 aliphatic rings. The van der Waals surface area contributed by atoms with Gasteiger partial charge in [0.1, 0.15) is 0 Å². The summed E-state index contributed by atoms with van der Waals surface area (Å²) in [5.41, 5.74) is -0.237. The van der Waals surface area contributed by atoms with Gasteiger partial charge in [-0.15, -0.1) is 0 Å². The number of carbonyl (C=O) groups excluding carboxylic acids is 4. The minimum absolute atomic E-state index is 0.0542. The molecule has 11 nitrogen and oxygen atoms in total. The number of amides is 2. The Morgan fingerprint density at radius 3 is 1.49 bits per heavy atom. The van der Waals surface area contributed by atoms with Gasteiger partial charge in [0, 0.05) is 49.4 Å². The molecule has 11 heteroatoms. The maximum Gasteiger partial charge on any atom is 0.309 e. The third-order valence-corrected chi connectivity index (χ3v) is 6.43. The Bertz CT molecular complexity index is 911. The topological polar surface area (TPSA) is 136 Å². The summed E-state index contributed by atoms with van der Waals surface area (Å²) in [6.45, 7) is 5.32. The highest BCUT2D eigenvalue weighted by Crippen LogP contribution is 2.25. The molecule has 0 N–H and O–H groups in total. The van der Waals surface area contributed by atoms with Crippen LogP contribution in [0.25, 0.3) is 0 Å². The molecule has 2 heterocycles. The number of esters is 2. The van der Waals surface area contributed by atoms with E-state index in [4.69, 9.17) is 9.47 Å². The minimum atomic E-state index is -0.631. The molecule has 0 unspecified atom stereocenters. The molecule has 1 aromatic carbocycles. The fraction of sp³-hybridized carbons (Fsp3) is 0.583. The Balaban J connectivity index is 1.71. The predicted molar refractivity (Wildman–Crippen MR) is 124 cm³/mol. The van der Waals surface area contributed by atoms with Gasteiger partial charge in [-0.2, -0.15) is 0 Å². The number of carbonyl (C=O) groups is 4. The van der Waals surface area contributed by atoms with Crippen LogP contribution in [0.5, 0.6) is 0 Å². The van der Waals surface area contributed by atoms with E-state index in [-0.39, 0.29) is 40.6 Å². The number of piperidine rings is 2. The van der Waals surface area contributed by atoms with E-state index in [1.165, 1.54) is 28.0 Å². The van der Waals surface area contributed by atoms with Crippen LogP contribution in [0.1, 0.15) is 60.2 Å². The average molecular weight is 490 g/mol. The second-order valence-corrected chi connectivity index (χ2v) is 8.66. The first-order valence-corrected chi connectivity index (χ1v) is 12.0. The van der Waals surface area contributed by atoms with Crippen molar-refractivity contribution < 1.29 is 33.6 Å². The molecule has 0 aliphatic carbocycles. The van der Waals surface area contributed by atoms with Crippen LogP contribution < -0.4 is 0 Å². The van der Waals surface area contributed by atoms with Crippen molar-refractivity contribution in [2.24, 2.45) is 11.8 Å². The first-order chi connectivity index (χ1) is 16.7. The quantitative estimate of drug-likeness (QED) is 0.324. The average Bonchev–Trinajstić information content (AvgIpc) is 2.88. The highest BCUT2D eigenvalue weighted by molar-refractivity contribution is 6.01. The van der Waals surface area contributed by atoms with Crippen molar-refractivity contribution in [3.63, 3.8) is 0 Å². The Kier molecular flexibility index (Phi) is 8.78. The van der Waals surface area contributed by atoms with Gasteiger partial charge in [-0.25, -0.2) is 0 Å². The molecule has 0 spiro atoms. The number of hydrogen-bond donors (Lipinski definition) is 0. The second kappa shape index (κ2) is 11.8. The lowest BCUT2D eigenvalue weighted by Crippen LogP contribution is -2.41. The molecule has 0 atom stereocenters. The molecular weight excluding hydrogens is 458 g/mol. The lowest BCUT2D eigenvalue weighted by molar-refractivity contribution is -0.384. The molecule has 1 aromatic rings. The number of hydrogen-bond acceptors (Lipinski definition) is 8. The maximum absolute atomic E-state index is 13.1. The molecule has 0 bridgehead atoms. The first kappa shape index (κ1) is 26.1. The van der Waals surface area contributed by atoms with E-state index in [2.05, 4.69) is 0 Å². The van der Waals surface area contributed by atoms with Gasteiger partial charge in [-0.3, -0.25) is 29.3 Å². The van der Waals surface area contributed by atoms with E-state index in [9.17, 15) is 29.3 Å². The van der Waals surface area contributed by atoms with Crippen LogP contribution in [0.3, 0.4) is 0 Å². The smallest absolute Gasteiger partial charge is 0.309 e. The predicted octanol–water partition coefficient (Wildman–Crippen LogP) is 2.43. The highest BCUT2D eigenvalue weighted by atomic mass is 16.6. The summed E-state index contributed by atoms with van der Waals surface area (Å²) in [4.78, 5) is 64.1. The minimum Gasteiger partial charge on any atom is -0.466 e. The zero-order chi connectivity index (χ0) is 25.5. The summed E-state index contributed by atoms with van der Waals surface area (Å²) in [6.07, 6.45) is 1.78. The van der Waals surface area contributed by atoms with E-state index in [1.54, 1.807) is 13.8 Å². The Labute approximate surface area is 203 Å².